The van der Waals surface area contributed by atoms with Crippen LogP contribution < -0.4 is 14.8 Å². The first kappa shape index (κ1) is 19.2. The Balaban J connectivity index is 1.95. The van der Waals surface area contributed by atoms with Gasteiger partial charge in [-0.15, -0.1) is 0 Å². The van der Waals surface area contributed by atoms with Crippen molar-refractivity contribution in [3.05, 3.63) is 69.8 Å². The zero-order chi connectivity index (χ0) is 20.3. The molecule has 0 saturated heterocycles. The van der Waals surface area contributed by atoms with Crippen LogP contribution in [0.25, 0.3) is 5.69 Å². The van der Waals surface area contributed by atoms with Crippen LogP contribution in [0.15, 0.2) is 49.1 Å². The van der Waals surface area contributed by atoms with Gasteiger partial charge in [0.05, 0.1) is 36.2 Å². The molecule has 0 aliphatic carbocycles. The summed E-state index contributed by atoms with van der Waals surface area (Å²) in [7, 11) is 2.87. The second-order valence-corrected chi connectivity index (χ2v) is 5.98. The topological polar surface area (TPSA) is 109 Å². The summed E-state index contributed by atoms with van der Waals surface area (Å²) < 4.78 is 11.9. The molecule has 2 aromatic carbocycles. The van der Waals surface area contributed by atoms with Crippen LogP contribution in [0.4, 0.5) is 11.4 Å². The minimum atomic E-state index is -0.558. The molecule has 9 nitrogen and oxygen atoms in total. The van der Waals surface area contributed by atoms with E-state index in [1.807, 2.05) is 0 Å². The molecular weight excluding hydrogens is 388 g/mol. The number of rotatable bonds is 6. The van der Waals surface area contributed by atoms with Crippen LogP contribution in [-0.4, -0.2) is 34.6 Å². The van der Waals surface area contributed by atoms with Gasteiger partial charge < -0.3 is 19.4 Å². The van der Waals surface area contributed by atoms with Gasteiger partial charge in [-0.05, 0) is 12.1 Å². The maximum absolute atomic E-state index is 12.7. The van der Waals surface area contributed by atoms with E-state index < -0.39 is 10.8 Å². The molecule has 1 heterocycles. The predicted octanol–water partition coefficient (Wildman–Crippen LogP) is 3.70. The Bertz CT molecular complexity index is 1040. The van der Waals surface area contributed by atoms with Crippen molar-refractivity contribution in [2.75, 3.05) is 19.5 Å². The van der Waals surface area contributed by atoms with Gasteiger partial charge in [0.1, 0.15) is 17.2 Å². The summed E-state index contributed by atoms with van der Waals surface area (Å²) in [5.74, 6) is 0.117. The number of hydrogen-bond acceptors (Lipinski definition) is 6. The number of halogens is 1. The van der Waals surface area contributed by atoms with E-state index in [1.54, 1.807) is 6.20 Å². The molecule has 3 rings (SSSR count). The smallest absolute Gasteiger partial charge is 0.294 e. The van der Waals surface area contributed by atoms with E-state index in [2.05, 4.69) is 10.3 Å². The number of carbonyl (C=O) groups is 1. The van der Waals surface area contributed by atoms with Crippen LogP contribution in [0.1, 0.15) is 10.4 Å². The Morgan fingerprint density at radius 1 is 1.21 bits per heavy atom. The molecule has 1 N–H and O–H groups in total. The summed E-state index contributed by atoms with van der Waals surface area (Å²) >= 11 is 6.06. The number of nitrogens with zero attached hydrogens (tertiary/aromatic N) is 3. The van der Waals surface area contributed by atoms with Gasteiger partial charge >= 0.3 is 0 Å². The average Bonchev–Trinajstić information content (AvgIpc) is 3.23. The Hall–Kier alpha value is -3.59. The van der Waals surface area contributed by atoms with Gasteiger partial charge in [-0.2, -0.15) is 0 Å². The lowest BCUT2D eigenvalue weighted by atomic mass is 10.1. The SMILES string of the molecule is COc1cc(NC(=O)c2ccc(-n3ccnc3)c([N+](=O)[O-])c2)c(OC)cc1Cl. The van der Waals surface area contributed by atoms with Crippen LogP contribution in [-0.2, 0) is 0 Å². The molecule has 0 fully saturated rings. The predicted molar refractivity (Wildman–Crippen MR) is 103 cm³/mol. The number of imidazole rings is 1. The van der Waals surface area contributed by atoms with E-state index in [0.717, 1.165) is 0 Å². The highest BCUT2D eigenvalue weighted by Crippen LogP contribution is 2.36. The molecule has 0 unspecified atom stereocenters. The van der Waals surface area contributed by atoms with Crippen molar-refractivity contribution in [1.82, 2.24) is 9.55 Å². The fourth-order valence-electron chi connectivity index (χ4n) is 2.58. The molecule has 0 atom stereocenters. The van der Waals surface area contributed by atoms with E-state index in [4.69, 9.17) is 21.1 Å². The number of carbonyl (C=O) groups excluding carboxylic acids is 1. The minimum absolute atomic E-state index is 0.103. The average molecular weight is 403 g/mol. The molecule has 28 heavy (non-hydrogen) atoms. The first-order valence-corrected chi connectivity index (χ1v) is 8.32. The second kappa shape index (κ2) is 7.97. The molecular formula is C18H15ClN4O5. The van der Waals surface area contributed by atoms with E-state index in [0.29, 0.717) is 27.9 Å². The van der Waals surface area contributed by atoms with Crippen LogP contribution >= 0.6 is 11.6 Å². The summed E-state index contributed by atoms with van der Waals surface area (Å²) in [6, 6.07) is 7.17. The van der Waals surface area contributed by atoms with Gasteiger partial charge in [-0.1, -0.05) is 11.6 Å². The number of nitrogens with one attached hydrogen (secondary N) is 1. The summed E-state index contributed by atoms with van der Waals surface area (Å²) in [6.07, 6.45) is 4.52. The van der Waals surface area contributed by atoms with Crippen LogP contribution in [0.3, 0.4) is 0 Å². The van der Waals surface area contributed by atoms with Crippen molar-refractivity contribution >= 4 is 28.9 Å². The highest BCUT2D eigenvalue weighted by Gasteiger charge is 2.20. The Kier molecular flexibility index (Phi) is 5.46. The zero-order valence-electron chi connectivity index (χ0n) is 14.9. The Morgan fingerprint density at radius 2 is 1.96 bits per heavy atom. The minimum Gasteiger partial charge on any atom is -0.495 e. The lowest BCUT2D eigenvalue weighted by molar-refractivity contribution is -0.384. The Labute approximate surface area is 164 Å². The maximum atomic E-state index is 12.7. The molecule has 3 aromatic rings. The number of amides is 1. The molecule has 1 aromatic heterocycles. The highest BCUT2D eigenvalue weighted by atomic mass is 35.5. The maximum Gasteiger partial charge on any atom is 0.294 e. The van der Waals surface area contributed by atoms with Gasteiger partial charge in [0.15, 0.2) is 0 Å². The van der Waals surface area contributed by atoms with Gasteiger partial charge in [-0.3, -0.25) is 14.9 Å². The highest BCUT2D eigenvalue weighted by molar-refractivity contribution is 6.32. The largest absolute Gasteiger partial charge is 0.495 e. The number of hydrogen-bond donors (Lipinski definition) is 1. The van der Waals surface area contributed by atoms with Gasteiger partial charge in [0.25, 0.3) is 11.6 Å². The number of aromatic nitrogens is 2. The monoisotopic (exact) mass is 402 g/mol. The summed E-state index contributed by atoms with van der Waals surface area (Å²) in [5, 5.41) is 14.4. The third-order valence-corrected chi connectivity index (χ3v) is 4.23. The van der Waals surface area contributed by atoms with E-state index in [-0.39, 0.29) is 11.3 Å². The summed E-state index contributed by atoms with van der Waals surface area (Å²) in [4.78, 5) is 27.4. The fourth-order valence-corrected chi connectivity index (χ4v) is 2.81. The molecule has 1 amide bonds. The molecule has 144 valence electrons. The van der Waals surface area contributed by atoms with Gasteiger partial charge in [0.2, 0.25) is 0 Å². The molecule has 0 aliphatic heterocycles. The fraction of sp³-hybridized carbons (Fsp3) is 0.111. The third kappa shape index (κ3) is 3.74. The first-order valence-electron chi connectivity index (χ1n) is 7.94. The molecule has 0 saturated carbocycles. The van der Waals surface area contributed by atoms with Crippen molar-refractivity contribution in [3.8, 4) is 17.2 Å². The van der Waals surface area contributed by atoms with Crippen molar-refractivity contribution in [3.63, 3.8) is 0 Å². The van der Waals surface area contributed by atoms with Gasteiger partial charge in [-0.25, -0.2) is 4.98 Å². The van der Waals surface area contributed by atoms with Crippen LogP contribution in [0, 0.1) is 10.1 Å². The van der Waals surface area contributed by atoms with Crippen LogP contribution in [0.2, 0.25) is 5.02 Å². The Morgan fingerprint density at radius 3 is 2.57 bits per heavy atom. The lowest BCUT2D eigenvalue weighted by Gasteiger charge is -2.13. The summed E-state index contributed by atoms with van der Waals surface area (Å²) in [6.45, 7) is 0. The van der Waals surface area contributed by atoms with E-state index >= 15 is 0 Å². The molecule has 10 heteroatoms. The van der Waals surface area contributed by atoms with Gasteiger partial charge in [0, 0.05) is 36.2 Å². The van der Waals surface area contributed by atoms with E-state index in [9.17, 15) is 14.9 Å². The summed E-state index contributed by atoms with van der Waals surface area (Å²) in [5.41, 5.74) is 0.484. The second-order valence-electron chi connectivity index (χ2n) is 5.57. The number of anilines is 1. The van der Waals surface area contributed by atoms with E-state index in [1.165, 1.54) is 61.6 Å². The molecule has 0 aliphatic rings. The number of nitro groups is 1. The molecule has 0 radical (unpaired) electrons. The van der Waals surface area contributed by atoms with Crippen LogP contribution in [0.5, 0.6) is 11.5 Å². The van der Waals surface area contributed by atoms with Crippen molar-refractivity contribution in [1.29, 1.82) is 0 Å². The third-order valence-electron chi connectivity index (χ3n) is 3.94. The number of ether oxygens (including phenoxy) is 2. The normalized spacial score (nSPS) is 10.4. The molecule has 0 spiro atoms. The van der Waals surface area contributed by atoms with Crippen molar-refractivity contribution in [2.24, 2.45) is 0 Å². The molecule has 0 bridgehead atoms. The standard InChI is InChI=1S/C18H15ClN4O5/c1-27-16-9-13(17(28-2)8-12(16)19)21-18(24)11-3-4-14(15(7-11)23(25)26)22-6-5-20-10-22/h3-10H,1-2H3,(H,21,24). The lowest BCUT2D eigenvalue weighted by Crippen LogP contribution is -2.13. The van der Waals surface area contributed by atoms with Crippen molar-refractivity contribution in [2.45, 2.75) is 0 Å². The first-order chi connectivity index (χ1) is 13.4. The zero-order valence-corrected chi connectivity index (χ0v) is 15.6. The number of nitro benzene ring substituents is 1. The number of methoxy groups -OCH3 is 2. The van der Waals surface area contributed by atoms with Crippen molar-refractivity contribution < 1.29 is 19.2 Å². The number of benzene rings is 2. The quantitative estimate of drug-likeness (QED) is 0.497.